The van der Waals surface area contributed by atoms with Crippen LogP contribution in [0.1, 0.15) is 51.9 Å². The third kappa shape index (κ3) is 3.31. The highest BCUT2D eigenvalue weighted by atomic mass is 16.5. The van der Waals surface area contributed by atoms with Crippen LogP contribution in [0.25, 0.3) is 0 Å². The fourth-order valence-electron chi connectivity index (χ4n) is 4.33. The number of morpholine rings is 1. The molecule has 0 bridgehead atoms. The van der Waals surface area contributed by atoms with Crippen molar-refractivity contribution in [2.45, 2.75) is 62.9 Å². The van der Waals surface area contributed by atoms with Crippen molar-refractivity contribution in [2.24, 2.45) is 5.92 Å². The molecule has 3 fully saturated rings. The molecule has 1 aliphatic heterocycles. The van der Waals surface area contributed by atoms with Crippen molar-refractivity contribution in [2.75, 3.05) is 32.9 Å². The molecule has 0 radical (unpaired) electrons. The number of carbonyl (C=O) groups excluding carboxylic acids is 1. The number of hydrogen-bond acceptors (Lipinski definition) is 4. The summed E-state index contributed by atoms with van der Waals surface area (Å²) in [4.78, 5) is 15.2. The van der Waals surface area contributed by atoms with Crippen molar-refractivity contribution in [3.05, 3.63) is 0 Å². The highest BCUT2D eigenvalue weighted by Crippen LogP contribution is 2.41. The van der Waals surface area contributed by atoms with Crippen molar-refractivity contribution in [3.8, 4) is 0 Å². The Morgan fingerprint density at radius 1 is 1.32 bits per heavy atom. The molecule has 3 aliphatic rings. The topological polar surface area (TPSA) is 61.8 Å². The van der Waals surface area contributed by atoms with E-state index in [4.69, 9.17) is 4.74 Å². The maximum absolute atomic E-state index is 12.7. The first kappa shape index (κ1) is 16.2. The number of nitrogens with zero attached hydrogens (tertiary/aromatic N) is 1. The lowest BCUT2D eigenvalue weighted by Crippen LogP contribution is -2.57. The summed E-state index contributed by atoms with van der Waals surface area (Å²) in [6, 6.07) is 0. The van der Waals surface area contributed by atoms with E-state index in [0.717, 1.165) is 52.0 Å². The predicted molar refractivity (Wildman–Crippen MR) is 84.6 cm³/mol. The molecule has 2 N–H and O–H groups in total. The third-order valence-electron chi connectivity index (χ3n) is 5.94. The van der Waals surface area contributed by atoms with Crippen molar-refractivity contribution >= 4 is 5.91 Å². The zero-order chi connectivity index (χ0) is 15.6. The second kappa shape index (κ2) is 6.46. The second-order valence-electron chi connectivity index (χ2n) is 7.61. The third-order valence-corrected chi connectivity index (χ3v) is 5.94. The molecule has 3 rings (SSSR count). The normalized spacial score (nSPS) is 28.3. The van der Waals surface area contributed by atoms with E-state index in [2.05, 4.69) is 10.2 Å². The van der Waals surface area contributed by atoms with Crippen LogP contribution in [-0.4, -0.2) is 59.9 Å². The summed E-state index contributed by atoms with van der Waals surface area (Å²) in [5, 5.41) is 12.8. The molecule has 0 aromatic rings. The largest absolute Gasteiger partial charge is 0.394 e. The Bertz CT molecular complexity index is 399. The summed E-state index contributed by atoms with van der Waals surface area (Å²) in [6.45, 7) is 5.45. The van der Waals surface area contributed by atoms with Gasteiger partial charge >= 0.3 is 0 Å². The van der Waals surface area contributed by atoms with E-state index in [-0.39, 0.29) is 18.1 Å². The highest BCUT2D eigenvalue weighted by Gasteiger charge is 2.45. The molecular formula is C17H30N2O3. The molecule has 5 nitrogen and oxygen atoms in total. The van der Waals surface area contributed by atoms with Crippen LogP contribution >= 0.6 is 0 Å². The van der Waals surface area contributed by atoms with E-state index in [0.29, 0.717) is 12.3 Å². The lowest BCUT2D eigenvalue weighted by Gasteiger charge is -2.43. The molecule has 0 spiro atoms. The Hall–Kier alpha value is -0.650. The number of aliphatic hydroxyl groups is 1. The van der Waals surface area contributed by atoms with Crippen molar-refractivity contribution in [1.82, 2.24) is 10.2 Å². The van der Waals surface area contributed by atoms with E-state index < -0.39 is 5.54 Å². The van der Waals surface area contributed by atoms with Crippen LogP contribution in [0.5, 0.6) is 0 Å². The van der Waals surface area contributed by atoms with Crippen LogP contribution in [0.3, 0.4) is 0 Å². The minimum absolute atomic E-state index is 0.0216. The van der Waals surface area contributed by atoms with Gasteiger partial charge in [-0.15, -0.1) is 0 Å². The van der Waals surface area contributed by atoms with Gasteiger partial charge in [0, 0.05) is 25.0 Å². The van der Waals surface area contributed by atoms with Gasteiger partial charge in [0.15, 0.2) is 0 Å². The van der Waals surface area contributed by atoms with Crippen molar-refractivity contribution in [3.63, 3.8) is 0 Å². The number of hydrogen-bond donors (Lipinski definition) is 2. The number of amides is 1. The Kier molecular flexibility index (Phi) is 4.76. The lowest BCUT2D eigenvalue weighted by molar-refractivity contribution is -0.128. The fourth-order valence-corrected chi connectivity index (χ4v) is 4.33. The van der Waals surface area contributed by atoms with Gasteiger partial charge in [-0.1, -0.05) is 12.8 Å². The summed E-state index contributed by atoms with van der Waals surface area (Å²) in [6.07, 6.45) is 7.45. The quantitative estimate of drug-likeness (QED) is 0.776. The van der Waals surface area contributed by atoms with Gasteiger partial charge in [-0.25, -0.2) is 0 Å². The van der Waals surface area contributed by atoms with Gasteiger partial charge in [0.1, 0.15) is 0 Å². The average Bonchev–Trinajstić information content (AvgIpc) is 3.29. The Morgan fingerprint density at radius 3 is 2.50 bits per heavy atom. The van der Waals surface area contributed by atoms with Gasteiger partial charge in [-0.05, 0) is 38.5 Å². The Labute approximate surface area is 133 Å². The summed E-state index contributed by atoms with van der Waals surface area (Å²) in [7, 11) is 0. The highest BCUT2D eigenvalue weighted by molar-refractivity contribution is 5.78. The predicted octanol–water partition coefficient (Wildman–Crippen LogP) is 1.30. The van der Waals surface area contributed by atoms with Gasteiger partial charge in [0.2, 0.25) is 5.91 Å². The van der Waals surface area contributed by atoms with Gasteiger partial charge in [-0.3, -0.25) is 9.69 Å². The van der Waals surface area contributed by atoms with E-state index in [1.165, 1.54) is 12.8 Å². The zero-order valence-corrected chi connectivity index (χ0v) is 13.8. The van der Waals surface area contributed by atoms with Crippen molar-refractivity contribution < 1.29 is 14.6 Å². The molecule has 1 amide bonds. The van der Waals surface area contributed by atoms with E-state index in [1.807, 2.05) is 6.92 Å². The number of nitrogens with one attached hydrogen (secondary N) is 1. The van der Waals surface area contributed by atoms with Gasteiger partial charge < -0.3 is 15.2 Å². The number of ether oxygens (including phenoxy) is 1. The van der Waals surface area contributed by atoms with E-state index >= 15 is 0 Å². The molecule has 126 valence electrons. The molecule has 2 aliphatic carbocycles. The lowest BCUT2D eigenvalue weighted by atomic mass is 9.88. The van der Waals surface area contributed by atoms with Crippen LogP contribution in [-0.2, 0) is 9.53 Å². The molecule has 0 aromatic heterocycles. The average molecular weight is 310 g/mol. The molecule has 5 heteroatoms. The number of carbonyl (C=O) groups is 1. The summed E-state index contributed by atoms with van der Waals surface area (Å²) >= 11 is 0. The van der Waals surface area contributed by atoms with Gasteiger partial charge in [-0.2, -0.15) is 0 Å². The maximum Gasteiger partial charge on any atom is 0.222 e. The van der Waals surface area contributed by atoms with E-state index in [9.17, 15) is 9.90 Å². The molecule has 22 heavy (non-hydrogen) atoms. The standard InChI is InChI=1S/C17H30N2O3/c1-16(13-20,14-4-5-14)18-15(21)12-17(6-2-3-7-17)19-8-10-22-11-9-19/h14,20H,2-13H2,1H3,(H,18,21). The summed E-state index contributed by atoms with van der Waals surface area (Å²) < 4.78 is 5.47. The van der Waals surface area contributed by atoms with Gasteiger partial charge in [0.25, 0.3) is 0 Å². The molecule has 1 atom stereocenters. The van der Waals surface area contributed by atoms with Crippen LogP contribution in [0.15, 0.2) is 0 Å². The van der Waals surface area contributed by atoms with Crippen molar-refractivity contribution in [1.29, 1.82) is 0 Å². The fraction of sp³-hybridized carbons (Fsp3) is 0.941. The first-order chi connectivity index (χ1) is 10.6. The second-order valence-corrected chi connectivity index (χ2v) is 7.61. The molecule has 1 saturated heterocycles. The van der Waals surface area contributed by atoms with Crippen LogP contribution in [0.4, 0.5) is 0 Å². The van der Waals surface area contributed by atoms with Gasteiger partial charge in [0.05, 0.1) is 25.4 Å². The minimum Gasteiger partial charge on any atom is -0.394 e. The molecule has 0 aromatic carbocycles. The van der Waals surface area contributed by atoms with E-state index in [1.54, 1.807) is 0 Å². The Balaban J connectivity index is 1.64. The first-order valence-corrected chi connectivity index (χ1v) is 8.83. The smallest absolute Gasteiger partial charge is 0.222 e. The molecule has 1 heterocycles. The molecule has 2 saturated carbocycles. The van der Waals surface area contributed by atoms with Crippen LogP contribution in [0.2, 0.25) is 0 Å². The zero-order valence-electron chi connectivity index (χ0n) is 13.8. The summed E-state index contributed by atoms with van der Waals surface area (Å²) in [5.74, 6) is 0.557. The number of rotatable bonds is 6. The maximum atomic E-state index is 12.7. The first-order valence-electron chi connectivity index (χ1n) is 8.83. The van der Waals surface area contributed by atoms with Crippen LogP contribution in [0, 0.1) is 5.92 Å². The monoisotopic (exact) mass is 310 g/mol. The minimum atomic E-state index is -0.429. The number of aliphatic hydroxyl groups excluding tert-OH is 1. The Morgan fingerprint density at radius 2 is 1.95 bits per heavy atom. The molecular weight excluding hydrogens is 280 g/mol. The summed E-state index contributed by atoms with van der Waals surface area (Å²) in [5.41, 5.74) is -0.407. The SMILES string of the molecule is CC(CO)(NC(=O)CC1(N2CCOCC2)CCCC1)C1CC1. The van der Waals surface area contributed by atoms with Crippen LogP contribution < -0.4 is 5.32 Å². The molecule has 1 unspecified atom stereocenters.